The Bertz CT molecular complexity index is 434. The first-order chi connectivity index (χ1) is 8.89. The zero-order valence-electron chi connectivity index (χ0n) is 11.7. The average Bonchev–Trinajstić information content (AvgIpc) is 2.39. The van der Waals surface area contributed by atoms with E-state index in [0.29, 0.717) is 6.42 Å². The van der Waals surface area contributed by atoms with Crippen molar-refractivity contribution in [2.45, 2.75) is 31.9 Å². The molecule has 0 saturated heterocycles. The molecular formula is C14H20FNO3. The van der Waals surface area contributed by atoms with Gasteiger partial charge >= 0.3 is 5.97 Å². The number of methoxy groups -OCH3 is 2. The molecule has 0 heterocycles. The fraction of sp³-hybridized carbons (Fsp3) is 0.500. The number of nitrogens with one attached hydrogen (secondary N) is 1. The number of carbonyl (C=O) groups is 1. The molecule has 4 nitrogen and oxygen atoms in total. The van der Waals surface area contributed by atoms with Crippen molar-refractivity contribution < 1.29 is 18.7 Å². The number of hydrogen-bond acceptors (Lipinski definition) is 4. The predicted octanol–water partition coefficient (Wildman–Crippen LogP) is 2.59. The third kappa shape index (κ3) is 4.52. The van der Waals surface area contributed by atoms with Crippen molar-refractivity contribution in [1.82, 2.24) is 0 Å². The van der Waals surface area contributed by atoms with Crippen LogP contribution >= 0.6 is 0 Å². The number of hydrogen-bond donors (Lipinski definition) is 1. The van der Waals surface area contributed by atoms with Gasteiger partial charge < -0.3 is 14.8 Å². The summed E-state index contributed by atoms with van der Waals surface area (Å²) in [4.78, 5) is 11.8. The largest absolute Gasteiger partial charge is 0.467 e. The normalized spacial score (nSPS) is 12.9. The Morgan fingerprint density at radius 3 is 2.53 bits per heavy atom. The molecular weight excluding hydrogens is 249 g/mol. The van der Waals surface area contributed by atoms with Crippen molar-refractivity contribution in [1.29, 1.82) is 0 Å². The van der Waals surface area contributed by atoms with Crippen LogP contribution in [0.3, 0.4) is 0 Å². The lowest BCUT2D eigenvalue weighted by molar-refractivity contribution is -0.143. The summed E-state index contributed by atoms with van der Waals surface area (Å²) in [6, 6.07) is 5.52. The number of benzene rings is 1. The number of halogens is 1. The molecule has 0 bridgehead atoms. The zero-order valence-corrected chi connectivity index (χ0v) is 11.7. The lowest BCUT2D eigenvalue weighted by atomic mass is 9.98. The van der Waals surface area contributed by atoms with Gasteiger partial charge in [0.05, 0.1) is 18.4 Å². The molecule has 0 fully saturated rings. The summed E-state index contributed by atoms with van der Waals surface area (Å²) in [5.74, 6) is -0.861. The monoisotopic (exact) mass is 269 g/mol. The minimum atomic E-state index is -0.670. The maximum absolute atomic E-state index is 13.6. The van der Waals surface area contributed by atoms with Gasteiger partial charge in [-0.25, -0.2) is 9.18 Å². The van der Waals surface area contributed by atoms with E-state index in [9.17, 15) is 9.18 Å². The van der Waals surface area contributed by atoms with E-state index in [1.165, 1.54) is 13.2 Å². The number of para-hydroxylation sites is 1. The summed E-state index contributed by atoms with van der Waals surface area (Å²) in [5.41, 5.74) is -0.248. The van der Waals surface area contributed by atoms with E-state index >= 15 is 0 Å². The highest BCUT2D eigenvalue weighted by molar-refractivity contribution is 5.79. The van der Waals surface area contributed by atoms with E-state index in [-0.39, 0.29) is 5.69 Å². The molecule has 106 valence electrons. The van der Waals surface area contributed by atoms with Crippen molar-refractivity contribution in [3.8, 4) is 0 Å². The van der Waals surface area contributed by atoms with Crippen LogP contribution in [0.2, 0.25) is 0 Å². The Morgan fingerprint density at radius 2 is 2.00 bits per heavy atom. The van der Waals surface area contributed by atoms with Gasteiger partial charge in [0, 0.05) is 13.5 Å². The highest BCUT2D eigenvalue weighted by atomic mass is 19.1. The zero-order chi connectivity index (χ0) is 14.5. The Kier molecular flexibility index (Phi) is 5.30. The van der Waals surface area contributed by atoms with E-state index in [2.05, 4.69) is 5.32 Å². The maximum Gasteiger partial charge on any atom is 0.328 e. The average molecular weight is 269 g/mol. The number of ether oxygens (including phenoxy) is 2. The third-order valence-electron chi connectivity index (χ3n) is 2.94. The van der Waals surface area contributed by atoms with Gasteiger partial charge in [0.1, 0.15) is 11.9 Å². The van der Waals surface area contributed by atoms with Gasteiger partial charge in [-0.05, 0) is 26.0 Å². The Balaban J connectivity index is 2.87. The molecule has 0 radical (unpaired) electrons. The fourth-order valence-corrected chi connectivity index (χ4v) is 1.68. The molecule has 1 aromatic rings. The molecule has 0 aromatic heterocycles. The Hall–Kier alpha value is -1.62. The first-order valence-corrected chi connectivity index (χ1v) is 6.03. The topological polar surface area (TPSA) is 47.6 Å². The summed E-state index contributed by atoms with van der Waals surface area (Å²) in [6.45, 7) is 3.71. The van der Waals surface area contributed by atoms with Gasteiger partial charge in [0.25, 0.3) is 0 Å². The maximum atomic E-state index is 13.6. The van der Waals surface area contributed by atoms with Crippen LogP contribution < -0.4 is 5.32 Å². The Morgan fingerprint density at radius 1 is 1.37 bits per heavy atom. The predicted molar refractivity (Wildman–Crippen MR) is 71.5 cm³/mol. The summed E-state index contributed by atoms with van der Waals surface area (Å²) in [6.07, 6.45) is 0.366. The first kappa shape index (κ1) is 15.4. The second kappa shape index (κ2) is 6.52. The minimum Gasteiger partial charge on any atom is -0.467 e. The first-order valence-electron chi connectivity index (χ1n) is 6.03. The second-order valence-electron chi connectivity index (χ2n) is 4.87. The van der Waals surface area contributed by atoms with E-state index in [4.69, 9.17) is 9.47 Å². The van der Waals surface area contributed by atoms with E-state index in [0.717, 1.165) is 0 Å². The molecule has 0 aliphatic heterocycles. The molecule has 1 atom stereocenters. The molecule has 0 aliphatic rings. The molecule has 1 unspecified atom stereocenters. The van der Waals surface area contributed by atoms with Crippen LogP contribution in [0.25, 0.3) is 0 Å². The van der Waals surface area contributed by atoms with Gasteiger partial charge in [0.15, 0.2) is 0 Å². The van der Waals surface area contributed by atoms with Crippen LogP contribution in [0.4, 0.5) is 10.1 Å². The fourth-order valence-electron chi connectivity index (χ4n) is 1.68. The van der Waals surface area contributed by atoms with E-state index in [1.54, 1.807) is 25.3 Å². The standard InChI is InChI=1S/C14H20FNO3/c1-14(2,19-4)9-12(13(17)18-3)16-11-8-6-5-7-10(11)15/h5-8,12,16H,9H2,1-4H3. The second-order valence-corrected chi connectivity index (χ2v) is 4.87. The van der Waals surface area contributed by atoms with Gasteiger partial charge in [-0.2, -0.15) is 0 Å². The third-order valence-corrected chi connectivity index (χ3v) is 2.94. The quantitative estimate of drug-likeness (QED) is 0.806. The van der Waals surface area contributed by atoms with Gasteiger partial charge in [-0.15, -0.1) is 0 Å². The molecule has 0 spiro atoms. The van der Waals surface area contributed by atoms with Gasteiger partial charge in [-0.1, -0.05) is 12.1 Å². The molecule has 0 saturated carbocycles. The molecule has 1 rings (SSSR count). The van der Waals surface area contributed by atoms with Crippen LogP contribution in [0.15, 0.2) is 24.3 Å². The molecule has 19 heavy (non-hydrogen) atoms. The smallest absolute Gasteiger partial charge is 0.328 e. The summed E-state index contributed by atoms with van der Waals surface area (Å²) < 4.78 is 23.6. The molecule has 0 aliphatic carbocycles. The van der Waals surface area contributed by atoms with Gasteiger partial charge in [-0.3, -0.25) is 0 Å². The molecule has 1 aromatic carbocycles. The van der Waals surface area contributed by atoms with E-state index < -0.39 is 23.4 Å². The number of esters is 1. The van der Waals surface area contributed by atoms with Crippen LogP contribution in [0, 0.1) is 5.82 Å². The SMILES string of the molecule is COC(=O)C(CC(C)(C)OC)Nc1ccccc1F. The minimum absolute atomic E-state index is 0.268. The van der Waals surface area contributed by atoms with Crippen molar-refractivity contribution in [2.75, 3.05) is 19.5 Å². The van der Waals surface area contributed by atoms with Crippen LogP contribution in [-0.4, -0.2) is 31.8 Å². The number of carbonyl (C=O) groups excluding carboxylic acids is 1. The van der Waals surface area contributed by atoms with Crippen molar-refractivity contribution in [2.24, 2.45) is 0 Å². The highest BCUT2D eigenvalue weighted by Crippen LogP contribution is 2.21. The van der Waals surface area contributed by atoms with Crippen molar-refractivity contribution in [3.05, 3.63) is 30.1 Å². The summed E-state index contributed by atoms with van der Waals surface area (Å²) in [7, 11) is 2.87. The lowest BCUT2D eigenvalue weighted by Crippen LogP contribution is -2.39. The van der Waals surface area contributed by atoms with Crippen LogP contribution in [0.1, 0.15) is 20.3 Å². The van der Waals surface area contributed by atoms with Crippen molar-refractivity contribution >= 4 is 11.7 Å². The summed E-state index contributed by atoms with van der Waals surface area (Å²) >= 11 is 0. The van der Waals surface area contributed by atoms with E-state index in [1.807, 2.05) is 13.8 Å². The summed E-state index contributed by atoms with van der Waals surface area (Å²) in [5, 5.41) is 2.86. The Labute approximate surface area is 112 Å². The van der Waals surface area contributed by atoms with Crippen LogP contribution in [-0.2, 0) is 14.3 Å². The van der Waals surface area contributed by atoms with Crippen molar-refractivity contribution in [3.63, 3.8) is 0 Å². The van der Waals surface area contributed by atoms with Crippen LogP contribution in [0.5, 0.6) is 0 Å². The number of anilines is 1. The molecule has 5 heteroatoms. The molecule has 1 N–H and O–H groups in total. The molecule has 0 amide bonds. The van der Waals surface area contributed by atoms with Gasteiger partial charge in [0.2, 0.25) is 0 Å². The lowest BCUT2D eigenvalue weighted by Gasteiger charge is -2.28. The number of rotatable bonds is 6. The highest BCUT2D eigenvalue weighted by Gasteiger charge is 2.29.